The van der Waals surface area contributed by atoms with Gasteiger partial charge in [-0.1, -0.05) is 17.7 Å². The van der Waals surface area contributed by atoms with Crippen LogP contribution < -0.4 is 0 Å². The molecule has 0 saturated carbocycles. The quantitative estimate of drug-likeness (QED) is 0.781. The van der Waals surface area contributed by atoms with Gasteiger partial charge in [-0.2, -0.15) is 5.10 Å². The van der Waals surface area contributed by atoms with Gasteiger partial charge in [0.1, 0.15) is 5.60 Å². The van der Waals surface area contributed by atoms with Gasteiger partial charge in [0.05, 0.1) is 16.9 Å². The first-order chi connectivity index (χ1) is 6.49. The molecular weight excluding hydrogens is 200 g/mol. The second-order valence-corrected chi connectivity index (χ2v) is 3.97. The molecule has 0 aliphatic heterocycles. The number of allylic oxidation sites excluding steroid dienone is 1. The molecule has 14 heavy (non-hydrogen) atoms. The van der Waals surface area contributed by atoms with E-state index in [2.05, 4.69) is 11.7 Å². The normalized spacial score (nSPS) is 15.1. The number of aliphatic hydroxyl groups is 1. The number of hydrogen-bond donors (Lipinski definition) is 1. The highest BCUT2D eigenvalue weighted by Crippen LogP contribution is 2.30. The lowest BCUT2D eigenvalue weighted by Gasteiger charge is -2.23. The van der Waals surface area contributed by atoms with Gasteiger partial charge in [0, 0.05) is 7.05 Å². The maximum atomic E-state index is 10.2. The maximum Gasteiger partial charge on any atom is 0.105 e. The van der Waals surface area contributed by atoms with Gasteiger partial charge in [-0.15, -0.1) is 6.58 Å². The third-order valence-corrected chi connectivity index (χ3v) is 2.52. The molecule has 0 radical (unpaired) electrons. The van der Waals surface area contributed by atoms with E-state index < -0.39 is 5.60 Å². The number of hydrogen-bond acceptors (Lipinski definition) is 2. The van der Waals surface area contributed by atoms with E-state index in [1.165, 1.54) is 0 Å². The molecule has 1 atom stereocenters. The van der Waals surface area contributed by atoms with E-state index >= 15 is 0 Å². The zero-order chi connectivity index (χ0) is 10.8. The monoisotopic (exact) mass is 214 g/mol. The van der Waals surface area contributed by atoms with Gasteiger partial charge in [0.2, 0.25) is 0 Å². The molecule has 1 aromatic rings. The molecule has 0 spiro atoms. The van der Waals surface area contributed by atoms with Crippen molar-refractivity contribution in [3.8, 4) is 0 Å². The fourth-order valence-corrected chi connectivity index (χ4v) is 1.89. The van der Waals surface area contributed by atoms with E-state index in [4.69, 9.17) is 11.6 Å². The van der Waals surface area contributed by atoms with Crippen LogP contribution in [0.25, 0.3) is 0 Å². The Labute approximate surface area is 89.0 Å². The minimum Gasteiger partial charge on any atom is -0.384 e. The van der Waals surface area contributed by atoms with Crippen molar-refractivity contribution in [1.82, 2.24) is 9.78 Å². The highest BCUT2D eigenvalue weighted by molar-refractivity contribution is 6.31. The first-order valence-corrected chi connectivity index (χ1v) is 4.88. The van der Waals surface area contributed by atoms with Gasteiger partial charge in [-0.3, -0.25) is 4.68 Å². The number of rotatable bonds is 4. The van der Waals surface area contributed by atoms with Crippen LogP contribution in [0.1, 0.15) is 25.5 Å². The summed E-state index contributed by atoms with van der Waals surface area (Å²) in [4.78, 5) is 0. The lowest BCUT2D eigenvalue weighted by molar-refractivity contribution is 0.0405. The summed E-state index contributed by atoms with van der Waals surface area (Å²) in [5.74, 6) is 0. The van der Waals surface area contributed by atoms with Crippen molar-refractivity contribution in [2.45, 2.75) is 25.4 Å². The number of aromatic nitrogens is 2. The van der Waals surface area contributed by atoms with Gasteiger partial charge < -0.3 is 5.11 Å². The zero-order valence-electron chi connectivity index (χ0n) is 8.50. The lowest BCUT2D eigenvalue weighted by Crippen LogP contribution is -2.24. The molecular formula is C10H15ClN2O. The van der Waals surface area contributed by atoms with E-state index in [-0.39, 0.29) is 0 Å². The second kappa shape index (κ2) is 4.15. The Balaban J connectivity index is 2.96. The molecule has 0 saturated heterocycles. The predicted octanol–water partition coefficient (Wildman–Crippen LogP) is 2.25. The summed E-state index contributed by atoms with van der Waals surface area (Å²) in [5.41, 5.74) is -0.294. The van der Waals surface area contributed by atoms with Crippen LogP contribution in [-0.4, -0.2) is 14.9 Å². The highest BCUT2D eigenvalue weighted by Gasteiger charge is 2.28. The molecule has 78 valence electrons. The Morgan fingerprint density at radius 1 is 1.79 bits per heavy atom. The summed E-state index contributed by atoms with van der Waals surface area (Å²) >= 11 is 5.94. The van der Waals surface area contributed by atoms with E-state index in [0.29, 0.717) is 17.1 Å². The fourth-order valence-electron chi connectivity index (χ4n) is 1.52. The summed E-state index contributed by atoms with van der Waals surface area (Å²) in [5, 5.41) is 14.7. The van der Waals surface area contributed by atoms with Crippen molar-refractivity contribution in [3.63, 3.8) is 0 Å². The zero-order valence-corrected chi connectivity index (χ0v) is 9.25. The maximum absolute atomic E-state index is 10.2. The second-order valence-electron chi connectivity index (χ2n) is 3.57. The molecule has 1 unspecified atom stereocenters. The molecule has 4 heteroatoms. The van der Waals surface area contributed by atoms with Gasteiger partial charge in [0.15, 0.2) is 0 Å². The van der Waals surface area contributed by atoms with Crippen LogP contribution in [-0.2, 0) is 12.6 Å². The summed E-state index contributed by atoms with van der Waals surface area (Å²) in [6, 6.07) is 0. The van der Waals surface area contributed by atoms with Gasteiger partial charge >= 0.3 is 0 Å². The molecule has 1 heterocycles. The molecule has 0 aliphatic rings. The summed E-state index contributed by atoms with van der Waals surface area (Å²) < 4.78 is 1.60. The van der Waals surface area contributed by atoms with E-state index in [1.807, 2.05) is 0 Å². The average molecular weight is 215 g/mol. The Morgan fingerprint density at radius 2 is 2.43 bits per heavy atom. The van der Waals surface area contributed by atoms with Crippen LogP contribution in [0.3, 0.4) is 0 Å². The highest BCUT2D eigenvalue weighted by atomic mass is 35.5. The van der Waals surface area contributed by atoms with Crippen molar-refractivity contribution in [2.24, 2.45) is 7.05 Å². The van der Waals surface area contributed by atoms with Crippen LogP contribution in [0.15, 0.2) is 18.9 Å². The third-order valence-electron chi connectivity index (χ3n) is 2.24. The number of nitrogens with zero attached hydrogens (tertiary/aromatic N) is 2. The van der Waals surface area contributed by atoms with Crippen molar-refractivity contribution >= 4 is 11.6 Å². The van der Waals surface area contributed by atoms with Crippen molar-refractivity contribution in [3.05, 3.63) is 29.6 Å². The Kier molecular flexibility index (Phi) is 3.34. The Hall–Kier alpha value is -0.800. The van der Waals surface area contributed by atoms with Gasteiger partial charge in [-0.05, 0) is 19.8 Å². The Bertz CT molecular complexity index is 311. The van der Waals surface area contributed by atoms with Gasteiger partial charge in [-0.25, -0.2) is 0 Å². The third kappa shape index (κ3) is 2.16. The number of aryl methyl sites for hydroxylation is 1. The summed E-state index contributed by atoms with van der Waals surface area (Å²) in [7, 11) is 1.77. The smallest absolute Gasteiger partial charge is 0.105 e. The lowest BCUT2D eigenvalue weighted by atomic mass is 9.96. The minimum absolute atomic E-state index is 0.501. The van der Waals surface area contributed by atoms with Crippen molar-refractivity contribution in [2.75, 3.05) is 0 Å². The van der Waals surface area contributed by atoms with Crippen molar-refractivity contribution < 1.29 is 5.11 Å². The van der Waals surface area contributed by atoms with Crippen LogP contribution in [0.4, 0.5) is 0 Å². The molecule has 1 rings (SSSR count). The standard InChI is InChI=1S/C10H15ClN2O/c1-4-5-6-10(2,14)9-8(11)7-12-13(9)3/h4,7,14H,1,5-6H2,2-3H3. The SMILES string of the molecule is C=CCCC(C)(O)c1c(Cl)cnn1C. The van der Waals surface area contributed by atoms with Crippen LogP contribution in [0, 0.1) is 0 Å². The molecule has 0 aliphatic carbocycles. The molecule has 3 nitrogen and oxygen atoms in total. The first-order valence-electron chi connectivity index (χ1n) is 4.50. The molecule has 0 fully saturated rings. The summed E-state index contributed by atoms with van der Waals surface area (Å²) in [6.45, 7) is 5.36. The van der Waals surface area contributed by atoms with Crippen LogP contribution in [0.2, 0.25) is 5.02 Å². The minimum atomic E-state index is -0.948. The van der Waals surface area contributed by atoms with Crippen LogP contribution in [0.5, 0.6) is 0 Å². The van der Waals surface area contributed by atoms with Crippen molar-refractivity contribution in [1.29, 1.82) is 0 Å². The predicted molar refractivity (Wildman–Crippen MR) is 57.2 cm³/mol. The van der Waals surface area contributed by atoms with E-state index in [9.17, 15) is 5.11 Å². The molecule has 0 amide bonds. The van der Waals surface area contributed by atoms with Crippen LogP contribution >= 0.6 is 11.6 Å². The average Bonchev–Trinajstić information content (AvgIpc) is 2.43. The Morgan fingerprint density at radius 3 is 2.86 bits per heavy atom. The van der Waals surface area contributed by atoms with Gasteiger partial charge in [0.25, 0.3) is 0 Å². The molecule has 1 N–H and O–H groups in total. The molecule has 0 aromatic carbocycles. The molecule has 0 bridgehead atoms. The number of halogens is 1. The van der Waals surface area contributed by atoms with E-state index in [0.717, 1.165) is 6.42 Å². The largest absolute Gasteiger partial charge is 0.384 e. The molecule has 1 aromatic heterocycles. The van der Waals surface area contributed by atoms with E-state index in [1.54, 1.807) is 30.9 Å². The first kappa shape index (κ1) is 11.3. The summed E-state index contributed by atoms with van der Waals surface area (Å²) in [6.07, 6.45) is 4.66. The topological polar surface area (TPSA) is 38.1 Å². The fraction of sp³-hybridized carbons (Fsp3) is 0.500.